The van der Waals surface area contributed by atoms with Gasteiger partial charge in [-0.2, -0.15) is 0 Å². The predicted octanol–water partition coefficient (Wildman–Crippen LogP) is 6.70. The van der Waals surface area contributed by atoms with Crippen LogP contribution in [0, 0.1) is 0 Å². The van der Waals surface area contributed by atoms with E-state index in [1.807, 2.05) is 42.5 Å². The summed E-state index contributed by atoms with van der Waals surface area (Å²) >= 11 is 1.53. The van der Waals surface area contributed by atoms with Crippen molar-refractivity contribution >= 4 is 38.6 Å². The van der Waals surface area contributed by atoms with E-state index in [4.69, 9.17) is 0 Å². The second kappa shape index (κ2) is 13.7. The van der Waals surface area contributed by atoms with Crippen LogP contribution in [0.5, 0.6) is 0 Å². The molecule has 45 heavy (non-hydrogen) atoms. The first-order chi connectivity index (χ1) is 21.9. The first-order valence-corrected chi connectivity index (χ1v) is 17.5. The SMILES string of the molecule is O=C(Cc1sc2c(c1C(=O)Nc1ccc(Cc3ccncc3)cc1)CCCC2)c1cccc(S(=O)(=O)CCc2cccnc2)c1. The lowest BCUT2D eigenvalue weighted by Gasteiger charge is -2.13. The van der Waals surface area contributed by atoms with E-state index in [1.165, 1.54) is 23.5 Å². The number of pyridine rings is 2. The molecule has 2 aromatic carbocycles. The monoisotopic (exact) mass is 635 g/mol. The lowest BCUT2D eigenvalue weighted by molar-refractivity contribution is 0.0993. The van der Waals surface area contributed by atoms with Gasteiger partial charge in [0.2, 0.25) is 0 Å². The number of hydrogen-bond donors (Lipinski definition) is 1. The minimum absolute atomic E-state index is 0.0322. The van der Waals surface area contributed by atoms with Crippen molar-refractivity contribution < 1.29 is 18.0 Å². The molecule has 1 amide bonds. The first kappa shape index (κ1) is 30.6. The van der Waals surface area contributed by atoms with Crippen molar-refractivity contribution in [3.63, 3.8) is 0 Å². The number of benzene rings is 2. The summed E-state index contributed by atoms with van der Waals surface area (Å²) in [5, 5.41) is 3.06. The molecular weight excluding hydrogens is 603 g/mol. The lowest BCUT2D eigenvalue weighted by Crippen LogP contribution is -2.17. The summed E-state index contributed by atoms with van der Waals surface area (Å²) in [6.45, 7) is 0. The van der Waals surface area contributed by atoms with Gasteiger partial charge in [-0.25, -0.2) is 8.42 Å². The van der Waals surface area contributed by atoms with Gasteiger partial charge in [0, 0.05) is 52.2 Å². The molecule has 7 nitrogen and oxygen atoms in total. The third-order valence-electron chi connectivity index (χ3n) is 8.06. The average Bonchev–Trinajstić information content (AvgIpc) is 3.43. The number of carbonyl (C=O) groups excluding carboxylic acids is 2. The summed E-state index contributed by atoms with van der Waals surface area (Å²) in [5.74, 6) is -0.513. The molecule has 1 aliphatic rings. The topological polar surface area (TPSA) is 106 Å². The van der Waals surface area contributed by atoms with Crippen LogP contribution in [0.1, 0.15) is 65.6 Å². The maximum Gasteiger partial charge on any atom is 0.257 e. The smallest absolute Gasteiger partial charge is 0.257 e. The van der Waals surface area contributed by atoms with E-state index < -0.39 is 9.84 Å². The predicted molar refractivity (Wildman–Crippen MR) is 177 cm³/mol. The van der Waals surface area contributed by atoms with Crippen LogP contribution < -0.4 is 5.32 Å². The molecule has 1 N–H and O–H groups in total. The number of anilines is 1. The fraction of sp³-hybridized carbons (Fsp3) is 0.222. The van der Waals surface area contributed by atoms with Gasteiger partial charge in [0.1, 0.15) is 0 Å². The number of carbonyl (C=O) groups is 2. The fourth-order valence-electron chi connectivity index (χ4n) is 5.67. The molecule has 0 saturated heterocycles. The molecule has 3 heterocycles. The van der Waals surface area contributed by atoms with Gasteiger partial charge < -0.3 is 5.32 Å². The number of amides is 1. The van der Waals surface area contributed by atoms with Crippen LogP contribution in [0.2, 0.25) is 0 Å². The molecule has 9 heteroatoms. The summed E-state index contributed by atoms with van der Waals surface area (Å²) in [6, 6.07) is 21.6. The molecule has 0 bridgehead atoms. The van der Waals surface area contributed by atoms with Crippen molar-refractivity contribution in [2.24, 2.45) is 0 Å². The second-order valence-corrected chi connectivity index (χ2v) is 14.5. The Hall–Kier alpha value is -4.47. The quantitative estimate of drug-likeness (QED) is 0.162. The number of ketones is 1. The van der Waals surface area contributed by atoms with E-state index in [-0.39, 0.29) is 28.8 Å². The van der Waals surface area contributed by atoms with Crippen LogP contribution in [0.15, 0.2) is 102 Å². The van der Waals surface area contributed by atoms with Gasteiger partial charge >= 0.3 is 0 Å². The Morgan fingerprint density at radius 3 is 2.38 bits per heavy atom. The zero-order valence-electron chi connectivity index (χ0n) is 24.7. The van der Waals surface area contributed by atoms with Gasteiger partial charge in [-0.3, -0.25) is 19.6 Å². The summed E-state index contributed by atoms with van der Waals surface area (Å²) in [6.07, 6.45) is 11.7. The van der Waals surface area contributed by atoms with Crippen molar-refractivity contribution in [3.05, 3.63) is 141 Å². The molecule has 0 saturated carbocycles. The highest BCUT2D eigenvalue weighted by Gasteiger charge is 2.27. The maximum atomic E-state index is 13.7. The molecule has 228 valence electrons. The molecule has 0 radical (unpaired) electrons. The highest BCUT2D eigenvalue weighted by Crippen LogP contribution is 2.36. The molecule has 1 aliphatic carbocycles. The Kier molecular flexibility index (Phi) is 9.28. The molecule has 0 aliphatic heterocycles. The second-order valence-electron chi connectivity index (χ2n) is 11.3. The molecule has 0 unspecified atom stereocenters. The van der Waals surface area contributed by atoms with E-state index in [2.05, 4.69) is 15.3 Å². The number of fused-ring (bicyclic) bond motifs is 1. The van der Waals surface area contributed by atoms with Crippen molar-refractivity contribution in [3.8, 4) is 0 Å². The largest absolute Gasteiger partial charge is 0.322 e. The van der Waals surface area contributed by atoms with E-state index in [9.17, 15) is 18.0 Å². The number of thiophene rings is 1. The van der Waals surface area contributed by atoms with Crippen molar-refractivity contribution in [1.82, 2.24) is 9.97 Å². The van der Waals surface area contributed by atoms with Gasteiger partial charge in [0.25, 0.3) is 5.91 Å². The first-order valence-electron chi connectivity index (χ1n) is 15.0. The Balaban J connectivity index is 1.18. The minimum atomic E-state index is -3.61. The Morgan fingerprint density at radius 1 is 0.822 bits per heavy atom. The zero-order valence-corrected chi connectivity index (χ0v) is 26.4. The molecule has 0 fully saturated rings. The minimum Gasteiger partial charge on any atom is -0.322 e. The van der Waals surface area contributed by atoms with Gasteiger partial charge in [0.05, 0.1) is 16.2 Å². The van der Waals surface area contributed by atoms with Gasteiger partial charge in [-0.05, 0) is 103 Å². The van der Waals surface area contributed by atoms with Crippen LogP contribution >= 0.6 is 11.3 Å². The number of nitrogens with one attached hydrogen (secondary N) is 1. The molecule has 6 rings (SSSR count). The number of rotatable bonds is 11. The number of sulfone groups is 1. The van der Waals surface area contributed by atoms with E-state index in [1.54, 1.807) is 43.0 Å². The third kappa shape index (κ3) is 7.44. The van der Waals surface area contributed by atoms with Crippen molar-refractivity contribution in [2.75, 3.05) is 11.1 Å². The highest BCUT2D eigenvalue weighted by atomic mass is 32.2. The van der Waals surface area contributed by atoms with Crippen LogP contribution in [0.4, 0.5) is 5.69 Å². The summed E-state index contributed by atoms with van der Waals surface area (Å²) in [5.41, 5.74) is 5.75. The van der Waals surface area contributed by atoms with Crippen LogP contribution in [0.25, 0.3) is 0 Å². The number of Topliss-reactive ketones (excluding diaryl/α,β-unsaturated/α-hetero) is 1. The Bertz CT molecular complexity index is 1920. The van der Waals surface area contributed by atoms with E-state index in [0.29, 0.717) is 23.2 Å². The Morgan fingerprint density at radius 2 is 1.60 bits per heavy atom. The number of nitrogens with zero attached hydrogens (tertiary/aromatic N) is 2. The molecule has 0 spiro atoms. The van der Waals surface area contributed by atoms with Crippen LogP contribution in [-0.2, 0) is 41.9 Å². The summed E-state index contributed by atoms with van der Waals surface area (Å²) < 4.78 is 26.2. The van der Waals surface area contributed by atoms with Gasteiger partial charge in [-0.15, -0.1) is 11.3 Å². The van der Waals surface area contributed by atoms with Crippen molar-refractivity contribution in [2.45, 2.75) is 49.8 Å². The number of hydrogen-bond acceptors (Lipinski definition) is 7. The lowest BCUT2D eigenvalue weighted by atomic mass is 9.93. The van der Waals surface area contributed by atoms with Gasteiger partial charge in [-0.1, -0.05) is 30.3 Å². The van der Waals surface area contributed by atoms with Crippen LogP contribution in [-0.4, -0.2) is 35.8 Å². The number of aryl methyl sites for hydroxylation is 2. The third-order valence-corrected chi connectivity index (χ3v) is 11.1. The molecule has 0 atom stereocenters. The normalized spacial score (nSPS) is 12.8. The standard InChI is InChI=1S/C36H33N3O4S2/c40-32(28-6-3-7-30(22-28)45(42,43)20-16-27-5-4-17-38-24-27)23-34-35(31-8-1-2-9-33(31)44-34)36(41)39-29-12-10-25(11-13-29)21-26-14-18-37-19-15-26/h3-7,10-15,17-19,22,24H,1-2,8-9,16,20-21,23H2,(H,39,41). The molecular formula is C36H33N3O4S2. The van der Waals surface area contributed by atoms with Gasteiger partial charge in [0.15, 0.2) is 15.6 Å². The summed E-state index contributed by atoms with van der Waals surface area (Å²) in [4.78, 5) is 37.4. The van der Waals surface area contributed by atoms with E-state index >= 15 is 0 Å². The average molecular weight is 636 g/mol. The highest BCUT2D eigenvalue weighted by molar-refractivity contribution is 7.91. The maximum absolute atomic E-state index is 13.7. The van der Waals surface area contributed by atoms with E-state index in [0.717, 1.165) is 64.1 Å². The van der Waals surface area contributed by atoms with Crippen LogP contribution in [0.3, 0.4) is 0 Å². The zero-order chi connectivity index (χ0) is 31.2. The van der Waals surface area contributed by atoms with Crippen molar-refractivity contribution in [1.29, 1.82) is 0 Å². The molecule has 3 aromatic heterocycles. The fourth-order valence-corrected chi connectivity index (χ4v) is 8.40. The summed E-state index contributed by atoms with van der Waals surface area (Å²) in [7, 11) is -3.61. The molecule has 5 aromatic rings. The Labute approximate surface area is 267 Å². The number of aromatic nitrogens is 2.